The fraction of sp³-hybridized carbons (Fsp3) is 0.400. The number of nitrogens with one attached hydrogen (secondary N) is 1. The van der Waals surface area contributed by atoms with Crippen LogP contribution in [0.5, 0.6) is 5.75 Å². The summed E-state index contributed by atoms with van der Waals surface area (Å²) in [4.78, 5) is 12.9. The normalized spacial score (nSPS) is 15.2. The summed E-state index contributed by atoms with van der Waals surface area (Å²) in [5.41, 5.74) is 3.11. The van der Waals surface area contributed by atoms with Gasteiger partial charge in [0.2, 0.25) is 15.9 Å². The van der Waals surface area contributed by atoms with Crippen LogP contribution in [0.2, 0.25) is 0 Å². The van der Waals surface area contributed by atoms with Gasteiger partial charge in [0.15, 0.2) is 0 Å². The molecule has 3 rings (SSSR count). The van der Waals surface area contributed by atoms with Crippen LogP contribution >= 0.6 is 0 Å². The number of aryl methyl sites for hydroxylation is 2. The molecule has 1 aliphatic rings. The van der Waals surface area contributed by atoms with Crippen LogP contribution in [0.15, 0.2) is 47.4 Å². The smallest absolute Gasteiger partial charge is 0.243 e. The Hall–Kier alpha value is -2.82. The summed E-state index contributed by atoms with van der Waals surface area (Å²) in [5, 5.41) is 2.98. The van der Waals surface area contributed by atoms with Gasteiger partial charge >= 0.3 is 0 Å². The lowest BCUT2D eigenvalue weighted by molar-refractivity contribution is -0.126. The Balaban J connectivity index is 1.46. The molecule has 7 heteroatoms. The van der Waals surface area contributed by atoms with Crippen LogP contribution in [0, 0.1) is 32.1 Å². The minimum Gasteiger partial charge on any atom is -0.481 e. The number of carbonyl (C=O) groups is 1. The molecule has 0 atom stereocenters. The Morgan fingerprint density at radius 2 is 1.81 bits per heavy atom. The van der Waals surface area contributed by atoms with Crippen molar-refractivity contribution in [3.05, 3.63) is 59.2 Å². The van der Waals surface area contributed by atoms with Gasteiger partial charge < -0.3 is 10.1 Å². The molecule has 0 radical (unpaired) electrons. The van der Waals surface area contributed by atoms with Gasteiger partial charge in [0.05, 0.1) is 4.90 Å². The second kappa shape index (κ2) is 10.7. The molecular weight excluding hydrogens is 424 g/mol. The Kier molecular flexibility index (Phi) is 7.94. The number of hydrogen-bond donors (Lipinski definition) is 1. The number of hydrogen-bond acceptors (Lipinski definition) is 4. The SMILES string of the molecule is C#CCOc1ccc(CCNC(=O)C2CCN(S(=O)(=O)c3ccc(C)c(C)c3)CC2)cc1. The fourth-order valence-corrected chi connectivity index (χ4v) is 5.29. The van der Waals surface area contributed by atoms with Crippen LogP contribution in [0.4, 0.5) is 0 Å². The number of terminal acetylenes is 1. The van der Waals surface area contributed by atoms with Crippen LogP contribution in [-0.2, 0) is 21.2 Å². The van der Waals surface area contributed by atoms with E-state index in [-0.39, 0.29) is 18.4 Å². The highest BCUT2D eigenvalue weighted by molar-refractivity contribution is 7.89. The van der Waals surface area contributed by atoms with Crippen molar-refractivity contribution < 1.29 is 17.9 Å². The van der Waals surface area contributed by atoms with E-state index in [9.17, 15) is 13.2 Å². The first-order chi connectivity index (χ1) is 15.3. The first-order valence-corrected chi connectivity index (χ1v) is 12.3. The van der Waals surface area contributed by atoms with Crippen molar-refractivity contribution in [3.8, 4) is 18.1 Å². The third-order valence-electron chi connectivity index (χ3n) is 5.90. The van der Waals surface area contributed by atoms with Crippen molar-refractivity contribution >= 4 is 15.9 Å². The maximum Gasteiger partial charge on any atom is 0.243 e. The number of sulfonamides is 1. The summed E-state index contributed by atoms with van der Waals surface area (Å²) in [5.74, 6) is 2.97. The summed E-state index contributed by atoms with van der Waals surface area (Å²) in [7, 11) is -3.53. The number of benzene rings is 2. The largest absolute Gasteiger partial charge is 0.481 e. The fourth-order valence-electron chi connectivity index (χ4n) is 3.73. The van der Waals surface area contributed by atoms with Crippen LogP contribution in [0.1, 0.15) is 29.5 Å². The van der Waals surface area contributed by atoms with E-state index >= 15 is 0 Å². The minimum atomic E-state index is -3.53. The zero-order valence-electron chi connectivity index (χ0n) is 18.6. The number of carbonyl (C=O) groups excluding carboxylic acids is 1. The molecule has 170 valence electrons. The molecule has 1 N–H and O–H groups in total. The van der Waals surface area contributed by atoms with Gasteiger partial charge in [0.25, 0.3) is 0 Å². The van der Waals surface area contributed by atoms with Crippen molar-refractivity contribution in [2.45, 2.75) is 38.0 Å². The third-order valence-corrected chi connectivity index (χ3v) is 7.79. The summed E-state index contributed by atoms with van der Waals surface area (Å²) >= 11 is 0. The molecule has 6 nitrogen and oxygen atoms in total. The third kappa shape index (κ3) is 5.90. The number of nitrogens with zero attached hydrogens (tertiary/aromatic N) is 1. The molecule has 1 amide bonds. The maximum absolute atomic E-state index is 12.9. The highest BCUT2D eigenvalue weighted by Crippen LogP contribution is 2.25. The second-order valence-electron chi connectivity index (χ2n) is 8.10. The van der Waals surface area contributed by atoms with Gasteiger partial charge in [-0.2, -0.15) is 4.31 Å². The average molecular weight is 455 g/mol. The minimum absolute atomic E-state index is 0.0119. The zero-order valence-corrected chi connectivity index (χ0v) is 19.5. The molecule has 0 unspecified atom stereocenters. The van der Waals surface area contributed by atoms with E-state index in [0.717, 1.165) is 22.4 Å². The van der Waals surface area contributed by atoms with E-state index in [1.54, 1.807) is 12.1 Å². The van der Waals surface area contributed by atoms with Gasteiger partial charge in [-0.3, -0.25) is 4.79 Å². The second-order valence-corrected chi connectivity index (χ2v) is 10.0. The van der Waals surface area contributed by atoms with Crippen LogP contribution in [0.25, 0.3) is 0 Å². The molecule has 1 fully saturated rings. The molecule has 0 aromatic heterocycles. The highest BCUT2D eigenvalue weighted by Gasteiger charge is 2.32. The topological polar surface area (TPSA) is 75.7 Å². The van der Waals surface area contributed by atoms with E-state index in [0.29, 0.717) is 43.8 Å². The standard InChI is InChI=1S/C25H30N2O4S/c1-4-17-31-23-8-6-21(7-9-23)11-14-26-25(28)22-12-15-27(16-13-22)32(29,30)24-10-5-19(2)20(3)18-24/h1,5-10,18,22H,11-17H2,2-3H3,(H,26,28). The Morgan fingerprint density at radius 1 is 1.12 bits per heavy atom. The average Bonchev–Trinajstić information content (AvgIpc) is 2.80. The maximum atomic E-state index is 12.9. The van der Waals surface area contributed by atoms with Crippen LogP contribution < -0.4 is 10.1 Å². The van der Waals surface area contributed by atoms with Crippen molar-refractivity contribution in [1.29, 1.82) is 0 Å². The molecule has 0 aliphatic carbocycles. The van der Waals surface area contributed by atoms with Gasteiger partial charge in [-0.05, 0) is 74.1 Å². The van der Waals surface area contributed by atoms with Gasteiger partial charge in [-0.15, -0.1) is 6.42 Å². The van der Waals surface area contributed by atoms with E-state index in [2.05, 4.69) is 11.2 Å². The van der Waals surface area contributed by atoms with Gasteiger partial charge in [-0.25, -0.2) is 8.42 Å². The monoisotopic (exact) mass is 454 g/mol. The summed E-state index contributed by atoms with van der Waals surface area (Å²) in [6.45, 7) is 5.34. The number of amides is 1. The zero-order chi connectivity index (χ0) is 23.1. The molecule has 0 bridgehead atoms. The lowest BCUT2D eigenvalue weighted by Crippen LogP contribution is -2.43. The molecule has 0 spiro atoms. The summed E-state index contributed by atoms with van der Waals surface area (Å²) < 4.78 is 32.7. The van der Waals surface area contributed by atoms with E-state index in [1.165, 1.54) is 4.31 Å². The highest BCUT2D eigenvalue weighted by atomic mass is 32.2. The lowest BCUT2D eigenvalue weighted by atomic mass is 9.97. The van der Waals surface area contributed by atoms with Gasteiger partial charge in [-0.1, -0.05) is 24.1 Å². The molecule has 2 aromatic carbocycles. The first-order valence-electron chi connectivity index (χ1n) is 10.8. The van der Waals surface area contributed by atoms with Crippen LogP contribution in [0.3, 0.4) is 0 Å². The number of piperidine rings is 1. The molecule has 2 aromatic rings. The molecule has 0 saturated carbocycles. The lowest BCUT2D eigenvalue weighted by Gasteiger charge is -2.30. The Morgan fingerprint density at radius 3 is 2.44 bits per heavy atom. The summed E-state index contributed by atoms with van der Waals surface area (Å²) in [6.07, 6.45) is 6.94. The van der Waals surface area contributed by atoms with Gasteiger partial charge in [0, 0.05) is 25.6 Å². The van der Waals surface area contributed by atoms with Gasteiger partial charge in [0.1, 0.15) is 12.4 Å². The predicted octanol–water partition coefficient (Wildman–Crippen LogP) is 3.08. The van der Waals surface area contributed by atoms with Crippen molar-refractivity contribution in [2.24, 2.45) is 5.92 Å². The molecule has 1 saturated heterocycles. The van der Waals surface area contributed by atoms with E-state index in [4.69, 9.17) is 11.2 Å². The van der Waals surface area contributed by atoms with Crippen molar-refractivity contribution in [1.82, 2.24) is 9.62 Å². The Bertz CT molecular complexity index is 1080. The first kappa shape index (κ1) is 23.8. The van der Waals surface area contributed by atoms with Crippen molar-refractivity contribution in [3.63, 3.8) is 0 Å². The molecular formula is C25H30N2O4S. The van der Waals surface area contributed by atoms with E-state index < -0.39 is 10.0 Å². The number of ether oxygens (including phenoxy) is 1. The number of rotatable bonds is 8. The molecule has 1 heterocycles. The molecule has 1 aliphatic heterocycles. The van der Waals surface area contributed by atoms with Crippen LogP contribution in [-0.4, -0.2) is 44.9 Å². The van der Waals surface area contributed by atoms with Crippen molar-refractivity contribution in [2.75, 3.05) is 26.2 Å². The summed E-state index contributed by atoms with van der Waals surface area (Å²) in [6, 6.07) is 12.8. The predicted molar refractivity (Wildman–Crippen MR) is 125 cm³/mol. The Labute approximate surface area is 191 Å². The van der Waals surface area contributed by atoms with E-state index in [1.807, 2.05) is 44.2 Å². The molecule has 32 heavy (non-hydrogen) atoms. The quantitative estimate of drug-likeness (QED) is 0.622.